The third-order valence-corrected chi connectivity index (χ3v) is 4.13. The van der Waals surface area contributed by atoms with Crippen LogP contribution in [0, 0.1) is 5.92 Å². The topological polar surface area (TPSA) is 24.9 Å². The van der Waals surface area contributed by atoms with Gasteiger partial charge in [-0.15, -0.1) is 11.3 Å². The molecular formula is C12H22N2S. The maximum absolute atomic E-state index is 4.46. The summed E-state index contributed by atoms with van der Waals surface area (Å²) in [4.78, 5) is 5.83. The Balaban J connectivity index is 2.56. The van der Waals surface area contributed by atoms with Crippen LogP contribution in [0.25, 0.3) is 0 Å². The Bertz CT molecular complexity index is 294. The molecule has 0 spiro atoms. The van der Waals surface area contributed by atoms with Crippen molar-refractivity contribution in [2.24, 2.45) is 5.92 Å². The van der Waals surface area contributed by atoms with Gasteiger partial charge in [0.15, 0.2) is 0 Å². The number of nitrogens with one attached hydrogen (secondary N) is 1. The third kappa shape index (κ3) is 3.58. The van der Waals surface area contributed by atoms with Gasteiger partial charge in [-0.2, -0.15) is 0 Å². The number of thiazole rings is 1. The molecule has 15 heavy (non-hydrogen) atoms. The van der Waals surface area contributed by atoms with Crippen molar-refractivity contribution in [1.82, 2.24) is 10.3 Å². The molecule has 0 aliphatic heterocycles. The first-order valence-electron chi connectivity index (χ1n) is 5.75. The van der Waals surface area contributed by atoms with E-state index in [-0.39, 0.29) is 0 Å². The van der Waals surface area contributed by atoms with E-state index >= 15 is 0 Å². The lowest BCUT2D eigenvalue weighted by molar-refractivity contribution is 0.388. The molecule has 0 amide bonds. The first-order valence-corrected chi connectivity index (χ1v) is 6.56. The van der Waals surface area contributed by atoms with Gasteiger partial charge >= 0.3 is 0 Å². The van der Waals surface area contributed by atoms with Crippen LogP contribution in [-0.4, -0.2) is 11.0 Å². The zero-order valence-corrected chi connectivity index (χ0v) is 11.2. The first-order chi connectivity index (χ1) is 7.04. The van der Waals surface area contributed by atoms with Gasteiger partial charge in [-0.25, -0.2) is 4.98 Å². The predicted molar refractivity (Wildman–Crippen MR) is 67.3 cm³/mol. The zero-order chi connectivity index (χ0) is 11.4. The van der Waals surface area contributed by atoms with E-state index in [0.29, 0.717) is 18.0 Å². The van der Waals surface area contributed by atoms with Gasteiger partial charge in [0.1, 0.15) is 5.01 Å². The maximum Gasteiger partial charge on any atom is 0.109 e. The molecule has 0 saturated heterocycles. The van der Waals surface area contributed by atoms with Crippen molar-refractivity contribution >= 4 is 11.3 Å². The molecule has 3 heteroatoms. The molecule has 0 radical (unpaired) electrons. The molecule has 0 aliphatic carbocycles. The Morgan fingerprint density at radius 3 is 2.47 bits per heavy atom. The molecule has 1 aromatic heterocycles. The third-order valence-electron chi connectivity index (χ3n) is 2.80. The van der Waals surface area contributed by atoms with E-state index in [0.717, 1.165) is 6.42 Å². The molecule has 0 bridgehead atoms. The summed E-state index contributed by atoms with van der Waals surface area (Å²) in [5.74, 6) is 0.665. The van der Waals surface area contributed by atoms with Crippen molar-refractivity contribution < 1.29 is 0 Å². The van der Waals surface area contributed by atoms with Gasteiger partial charge < -0.3 is 5.32 Å². The molecular weight excluding hydrogens is 204 g/mol. The van der Waals surface area contributed by atoms with Gasteiger partial charge in [-0.3, -0.25) is 0 Å². The quantitative estimate of drug-likeness (QED) is 0.832. The van der Waals surface area contributed by atoms with Crippen molar-refractivity contribution in [2.75, 3.05) is 0 Å². The molecule has 1 N–H and O–H groups in total. The molecule has 2 atom stereocenters. The fraction of sp³-hybridized carbons (Fsp3) is 0.750. The van der Waals surface area contributed by atoms with Gasteiger partial charge in [0.2, 0.25) is 0 Å². The molecule has 86 valence electrons. The van der Waals surface area contributed by atoms with Crippen molar-refractivity contribution in [2.45, 2.75) is 53.1 Å². The van der Waals surface area contributed by atoms with Crippen molar-refractivity contribution in [3.05, 3.63) is 16.1 Å². The molecule has 2 unspecified atom stereocenters. The second-order valence-corrected chi connectivity index (χ2v) is 5.59. The number of hydrogen-bond donors (Lipinski definition) is 1. The summed E-state index contributed by atoms with van der Waals surface area (Å²) < 4.78 is 0. The van der Waals surface area contributed by atoms with Crippen molar-refractivity contribution in [3.8, 4) is 0 Å². The van der Waals surface area contributed by atoms with Crippen LogP contribution in [0.4, 0.5) is 0 Å². The van der Waals surface area contributed by atoms with Gasteiger partial charge in [0.05, 0.1) is 6.04 Å². The van der Waals surface area contributed by atoms with Crippen LogP contribution in [0.15, 0.2) is 6.20 Å². The van der Waals surface area contributed by atoms with Crippen LogP contribution < -0.4 is 5.32 Å². The van der Waals surface area contributed by atoms with E-state index in [4.69, 9.17) is 0 Å². The number of aryl methyl sites for hydroxylation is 1. The lowest BCUT2D eigenvalue weighted by Crippen LogP contribution is -2.32. The van der Waals surface area contributed by atoms with Crippen molar-refractivity contribution in [1.29, 1.82) is 0 Å². The lowest BCUT2D eigenvalue weighted by Gasteiger charge is -2.21. The van der Waals surface area contributed by atoms with E-state index in [9.17, 15) is 0 Å². The fourth-order valence-corrected chi connectivity index (χ4v) is 2.21. The zero-order valence-electron chi connectivity index (χ0n) is 10.4. The Kier molecular flexibility index (Phi) is 4.74. The monoisotopic (exact) mass is 226 g/mol. The second-order valence-electron chi connectivity index (χ2n) is 4.44. The molecule has 1 rings (SSSR count). The minimum atomic E-state index is 0.368. The molecule has 0 fully saturated rings. The Morgan fingerprint density at radius 1 is 1.33 bits per heavy atom. The van der Waals surface area contributed by atoms with Crippen LogP contribution in [0.1, 0.15) is 50.5 Å². The maximum atomic E-state index is 4.46. The highest BCUT2D eigenvalue weighted by Crippen LogP contribution is 2.21. The fourth-order valence-electron chi connectivity index (χ4n) is 1.34. The average Bonchev–Trinajstić information content (AvgIpc) is 2.65. The van der Waals surface area contributed by atoms with Crippen LogP contribution in [0.3, 0.4) is 0 Å². The minimum Gasteiger partial charge on any atom is -0.305 e. The lowest BCUT2D eigenvalue weighted by atomic mass is 10.1. The van der Waals surface area contributed by atoms with Gasteiger partial charge in [-0.05, 0) is 26.2 Å². The minimum absolute atomic E-state index is 0.368. The van der Waals surface area contributed by atoms with E-state index < -0.39 is 0 Å². The Morgan fingerprint density at radius 2 is 2.00 bits per heavy atom. The standard InChI is InChI=1S/C12H22N2S/c1-6-11-7-13-12(15-11)10(5)14-9(4)8(2)3/h7-10,14H,6H2,1-5H3. The normalized spacial score (nSPS) is 15.6. The summed E-state index contributed by atoms with van der Waals surface area (Å²) in [7, 11) is 0. The van der Waals surface area contributed by atoms with Crippen LogP contribution in [0.5, 0.6) is 0 Å². The number of hydrogen-bond acceptors (Lipinski definition) is 3. The summed E-state index contributed by atoms with van der Waals surface area (Å²) in [5.41, 5.74) is 0. The van der Waals surface area contributed by atoms with Gasteiger partial charge in [0, 0.05) is 17.1 Å². The second kappa shape index (κ2) is 5.61. The molecule has 0 aliphatic rings. The largest absolute Gasteiger partial charge is 0.305 e. The van der Waals surface area contributed by atoms with Crippen molar-refractivity contribution in [3.63, 3.8) is 0 Å². The van der Waals surface area contributed by atoms with E-state index in [1.165, 1.54) is 9.88 Å². The van der Waals surface area contributed by atoms with Gasteiger partial charge in [-0.1, -0.05) is 20.8 Å². The number of rotatable bonds is 5. The van der Waals surface area contributed by atoms with E-state index in [2.05, 4.69) is 44.9 Å². The van der Waals surface area contributed by atoms with Crippen LogP contribution in [-0.2, 0) is 6.42 Å². The van der Waals surface area contributed by atoms with Gasteiger partial charge in [0.25, 0.3) is 0 Å². The number of nitrogens with zero attached hydrogens (tertiary/aromatic N) is 1. The summed E-state index contributed by atoms with van der Waals surface area (Å²) >= 11 is 1.82. The SMILES string of the molecule is CCc1cnc(C(C)NC(C)C(C)C)s1. The highest BCUT2D eigenvalue weighted by atomic mass is 32.1. The molecule has 1 heterocycles. The Hall–Kier alpha value is -0.410. The molecule has 2 nitrogen and oxygen atoms in total. The summed E-state index contributed by atoms with van der Waals surface area (Å²) in [6.07, 6.45) is 3.09. The summed E-state index contributed by atoms with van der Waals surface area (Å²) in [6.45, 7) is 11.1. The predicted octanol–water partition coefficient (Wildman–Crippen LogP) is 3.40. The number of aromatic nitrogens is 1. The average molecular weight is 226 g/mol. The van der Waals surface area contributed by atoms with E-state index in [1.807, 2.05) is 17.5 Å². The van der Waals surface area contributed by atoms with Crippen LogP contribution >= 0.6 is 11.3 Å². The summed E-state index contributed by atoms with van der Waals surface area (Å²) in [5, 5.41) is 4.79. The summed E-state index contributed by atoms with van der Waals surface area (Å²) in [6, 6.07) is 0.904. The molecule has 1 aromatic rings. The smallest absolute Gasteiger partial charge is 0.109 e. The highest BCUT2D eigenvalue weighted by molar-refractivity contribution is 7.11. The Labute approximate surface area is 97.1 Å². The first kappa shape index (κ1) is 12.7. The molecule has 0 saturated carbocycles. The van der Waals surface area contributed by atoms with Crippen LogP contribution in [0.2, 0.25) is 0 Å². The highest BCUT2D eigenvalue weighted by Gasteiger charge is 2.14. The molecule has 0 aromatic carbocycles. The van der Waals surface area contributed by atoms with E-state index in [1.54, 1.807) is 0 Å².